The molecule has 1 amide bonds. The maximum atomic E-state index is 12.8. The number of allylic oxidation sites excluding steroid dienone is 1. The van der Waals surface area contributed by atoms with Gasteiger partial charge in [0, 0.05) is 5.56 Å². The van der Waals surface area contributed by atoms with Gasteiger partial charge >= 0.3 is 5.97 Å². The van der Waals surface area contributed by atoms with Gasteiger partial charge in [-0.2, -0.15) is 5.26 Å². The lowest BCUT2D eigenvalue weighted by molar-refractivity contribution is -0.112. The molecule has 0 fully saturated rings. The molecule has 9 heteroatoms. The van der Waals surface area contributed by atoms with Crippen molar-refractivity contribution in [3.63, 3.8) is 0 Å². The van der Waals surface area contributed by atoms with Gasteiger partial charge in [-0.25, -0.2) is 4.79 Å². The zero-order chi connectivity index (χ0) is 26.9. The van der Waals surface area contributed by atoms with E-state index in [0.29, 0.717) is 23.5 Å². The predicted octanol–water partition coefficient (Wildman–Crippen LogP) is 6.55. The Hall–Kier alpha value is -4.25. The first kappa shape index (κ1) is 27.3. The molecule has 0 radical (unpaired) electrons. The number of benzene rings is 3. The van der Waals surface area contributed by atoms with Crippen molar-refractivity contribution in [3.8, 4) is 17.6 Å². The van der Waals surface area contributed by atoms with Gasteiger partial charge in [0.05, 0.1) is 28.4 Å². The van der Waals surface area contributed by atoms with Gasteiger partial charge in [-0.15, -0.1) is 6.58 Å². The van der Waals surface area contributed by atoms with Crippen LogP contribution >= 0.6 is 23.2 Å². The number of amides is 1. The molecule has 3 rings (SSSR count). The molecule has 0 saturated heterocycles. The van der Waals surface area contributed by atoms with Gasteiger partial charge in [0.25, 0.3) is 5.91 Å². The molecule has 0 aromatic heterocycles. The lowest BCUT2D eigenvalue weighted by Crippen LogP contribution is -2.13. The number of rotatable bonds is 10. The minimum absolute atomic E-state index is 0.158. The van der Waals surface area contributed by atoms with Crippen LogP contribution in [0.15, 0.2) is 72.8 Å². The molecule has 0 atom stereocenters. The molecule has 37 heavy (non-hydrogen) atoms. The Morgan fingerprint density at radius 1 is 1.16 bits per heavy atom. The van der Waals surface area contributed by atoms with E-state index in [1.165, 1.54) is 25.3 Å². The highest BCUT2D eigenvalue weighted by molar-refractivity contribution is 6.44. The van der Waals surface area contributed by atoms with Crippen molar-refractivity contribution in [1.82, 2.24) is 0 Å². The fourth-order valence-corrected chi connectivity index (χ4v) is 3.74. The summed E-state index contributed by atoms with van der Waals surface area (Å²) in [6.45, 7) is 3.96. The molecular weight excluding hydrogens is 515 g/mol. The number of ether oxygens (including phenoxy) is 2. The summed E-state index contributed by atoms with van der Waals surface area (Å²) in [5.74, 6) is -0.799. The van der Waals surface area contributed by atoms with Crippen molar-refractivity contribution in [1.29, 1.82) is 5.26 Å². The molecular formula is C28H22Cl2N2O5. The minimum Gasteiger partial charge on any atom is -0.493 e. The lowest BCUT2D eigenvalue weighted by Gasteiger charge is -2.16. The third-order valence-electron chi connectivity index (χ3n) is 5.20. The second kappa shape index (κ2) is 12.6. The zero-order valence-electron chi connectivity index (χ0n) is 19.8. The van der Waals surface area contributed by atoms with E-state index in [9.17, 15) is 14.9 Å². The highest BCUT2D eigenvalue weighted by Gasteiger charge is 2.16. The van der Waals surface area contributed by atoms with Crippen molar-refractivity contribution >= 4 is 46.8 Å². The number of halogens is 2. The van der Waals surface area contributed by atoms with E-state index in [1.807, 2.05) is 6.07 Å². The second-order valence-electron chi connectivity index (χ2n) is 7.72. The van der Waals surface area contributed by atoms with E-state index >= 15 is 0 Å². The molecule has 0 heterocycles. The first-order valence-corrected chi connectivity index (χ1v) is 11.7. The number of anilines is 1. The van der Waals surface area contributed by atoms with Crippen LogP contribution in [0.4, 0.5) is 5.69 Å². The van der Waals surface area contributed by atoms with E-state index in [1.54, 1.807) is 48.5 Å². The summed E-state index contributed by atoms with van der Waals surface area (Å²) in [5.41, 5.74) is 2.33. The van der Waals surface area contributed by atoms with Crippen LogP contribution < -0.4 is 14.8 Å². The van der Waals surface area contributed by atoms with E-state index in [4.69, 9.17) is 37.8 Å². The maximum Gasteiger partial charge on any atom is 0.335 e. The van der Waals surface area contributed by atoms with Crippen LogP contribution in [0.2, 0.25) is 10.0 Å². The van der Waals surface area contributed by atoms with Crippen LogP contribution in [0.3, 0.4) is 0 Å². The smallest absolute Gasteiger partial charge is 0.335 e. The van der Waals surface area contributed by atoms with E-state index in [0.717, 1.165) is 11.1 Å². The van der Waals surface area contributed by atoms with Crippen molar-refractivity contribution in [2.24, 2.45) is 0 Å². The average molecular weight is 537 g/mol. The van der Waals surface area contributed by atoms with Crippen LogP contribution in [-0.2, 0) is 17.8 Å². The third-order valence-corrected chi connectivity index (χ3v) is 6.02. The van der Waals surface area contributed by atoms with Crippen molar-refractivity contribution in [2.45, 2.75) is 13.0 Å². The number of nitriles is 1. The molecule has 0 aliphatic heterocycles. The standard InChI is InChI=1S/C28H22Cl2N2O5/c1-3-5-20-12-18(13-21(15-31)27(33)32-23-7-4-6-22(29)25(23)30)14-24(36-2)26(20)37-16-17-8-10-19(11-9-17)28(34)35/h3-4,6-14H,1,5,16H2,2H3,(H,32,33)(H,34,35). The fourth-order valence-electron chi connectivity index (χ4n) is 3.39. The number of carbonyl (C=O) groups excluding carboxylic acids is 1. The number of nitrogens with one attached hydrogen (secondary N) is 1. The number of carboxylic acid groups (broad SMARTS) is 1. The monoisotopic (exact) mass is 536 g/mol. The largest absolute Gasteiger partial charge is 0.493 e. The van der Waals surface area contributed by atoms with Crippen LogP contribution in [0.5, 0.6) is 11.5 Å². The Kier molecular flexibility index (Phi) is 9.33. The number of aromatic carboxylic acids is 1. The molecule has 2 N–H and O–H groups in total. The van der Waals surface area contributed by atoms with Gasteiger partial charge in [0.1, 0.15) is 18.2 Å². The number of nitrogens with zero attached hydrogens (tertiary/aromatic N) is 1. The van der Waals surface area contributed by atoms with Crippen LogP contribution in [0.1, 0.15) is 27.0 Å². The Morgan fingerprint density at radius 2 is 1.89 bits per heavy atom. The zero-order valence-corrected chi connectivity index (χ0v) is 21.3. The Balaban J connectivity index is 1.89. The summed E-state index contributed by atoms with van der Waals surface area (Å²) in [6.07, 6.45) is 3.55. The Bertz CT molecular complexity index is 1410. The number of methoxy groups -OCH3 is 1. The van der Waals surface area contributed by atoms with Crippen molar-refractivity contribution in [3.05, 3.63) is 105 Å². The van der Waals surface area contributed by atoms with Crippen LogP contribution in [0.25, 0.3) is 6.08 Å². The van der Waals surface area contributed by atoms with Gasteiger partial charge in [0.15, 0.2) is 11.5 Å². The predicted molar refractivity (Wildman–Crippen MR) is 143 cm³/mol. The van der Waals surface area contributed by atoms with Crippen molar-refractivity contribution in [2.75, 3.05) is 12.4 Å². The molecule has 0 unspecified atom stereocenters. The molecule has 0 aliphatic rings. The molecule has 188 valence electrons. The molecule has 0 bridgehead atoms. The number of hydrogen-bond acceptors (Lipinski definition) is 5. The first-order valence-electron chi connectivity index (χ1n) is 10.9. The topological polar surface area (TPSA) is 109 Å². The van der Waals surface area contributed by atoms with Gasteiger partial charge in [0.2, 0.25) is 0 Å². The normalized spacial score (nSPS) is 10.8. The van der Waals surface area contributed by atoms with Crippen LogP contribution in [-0.4, -0.2) is 24.1 Å². The van der Waals surface area contributed by atoms with Crippen LogP contribution in [0, 0.1) is 11.3 Å². The Labute approximate surface area is 224 Å². The number of hydrogen-bond donors (Lipinski definition) is 2. The molecule has 7 nitrogen and oxygen atoms in total. The summed E-state index contributed by atoms with van der Waals surface area (Å²) in [5, 5.41) is 21.7. The molecule has 3 aromatic carbocycles. The molecule has 0 aliphatic carbocycles. The second-order valence-corrected chi connectivity index (χ2v) is 8.51. The summed E-state index contributed by atoms with van der Waals surface area (Å²) >= 11 is 12.1. The van der Waals surface area contributed by atoms with Gasteiger partial charge in [-0.05, 0) is 60.0 Å². The van der Waals surface area contributed by atoms with Gasteiger partial charge < -0.3 is 19.9 Å². The quantitative estimate of drug-likeness (QED) is 0.172. The summed E-state index contributed by atoms with van der Waals surface area (Å²) in [4.78, 5) is 23.8. The molecule has 0 saturated carbocycles. The average Bonchev–Trinajstić information content (AvgIpc) is 2.89. The number of carbonyl (C=O) groups is 2. The highest BCUT2D eigenvalue weighted by atomic mass is 35.5. The Morgan fingerprint density at radius 3 is 2.51 bits per heavy atom. The summed E-state index contributed by atoms with van der Waals surface area (Å²) in [7, 11) is 1.48. The fraction of sp³-hybridized carbons (Fsp3) is 0.107. The lowest BCUT2D eigenvalue weighted by atomic mass is 10.0. The number of carboxylic acids is 1. The van der Waals surface area contributed by atoms with E-state index in [2.05, 4.69) is 11.9 Å². The van der Waals surface area contributed by atoms with Gasteiger partial charge in [-0.3, -0.25) is 4.79 Å². The van der Waals surface area contributed by atoms with Crippen molar-refractivity contribution < 1.29 is 24.2 Å². The molecule has 3 aromatic rings. The summed E-state index contributed by atoms with van der Waals surface area (Å²) in [6, 6.07) is 16.5. The van der Waals surface area contributed by atoms with E-state index in [-0.39, 0.29) is 33.5 Å². The summed E-state index contributed by atoms with van der Waals surface area (Å²) < 4.78 is 11.6. The van der Waals surface area contributed by atoms with Gasteiger partial charge in [-0.1, -0.05) is 47.5 Å². The molecule has 0 spiro atoms. The minimum atomic E-state index is -1.01. The highest BCUT2D eigenvalue weighted by Crippen LogP contribution is 2.35. The maximum absolute atomic E-state index is 12.8. The van der Waals surface area contributed by atoms with E-state index < -0.39 is 11.9 Å². The first-order chi connectivity index (χ1) is 17.8. The third kappa shape index (κ3) is 6.91. The SMILES string of the molecule is C=CCc1cc(C=C(C#N)C(=O)Nc2cccc(Cl)c2Cl)cc(OC)c1OCc1ccc(C(=O)O)cc1.